The summed E-state index contributed by atoms with van der Waals surface area (Å²) < 4.78 is 29.2. The smallest absolute Gasteiger partial charge is 0.166 e. The highest BCUT2D eigenvalue weighted by molar-refractivity contribution is 5.85. The second kappa shape index (κ2) is 10.9. The van der Waals surface area contributed by atoms with Gasteiger partial charge in [-0.05, 0) is 36.6 Å². The van der Waals surface area contributed by atoms with E-state index in [1.54, 1.807) is 30.6 Å². The lowest BCUT2D eigenvalue weighted by molar-refractivity contribution is 0.333. The van der Waals surface area contributed by atoms with Gasteiger partial charge in [0.15, 0.2) is 11.6 Å². The molecule has 0 saturated heterocycles. The summed E-state index contributed by atoms with van der Waals surface area (Å²) in [5.41, 5.74) is 2.88. The van der Waals surface area contributed by atoms with Gasteiger partial charge in [0.2, 0.25) is 0 Å². The summed E-state index contributed by atoms with van der Waals surface area (Å²) in [4.78, 5) is 7.18. The molecule has 0 atom stereocenters. The molecule has 3 nitrogen and oxygen atoms in total. The fourth-order valence-electron chi connectivity index (χ4n) is 4.05. The SMILES string of the molecule is Cl.Cl.Fc1c(CNCCC2CCCCC2)ccc(-c2ccc3[nH]cnc3c2)c1F. The quantitative estimate of drug-likeness (QED) is 0.433. The molecule has 158 valence electrons. The van der Waals surface area contributed by atoms with E-state index in [2.05, 4.69) is 15.3 Å². The summed E-state index contributed by atoms with van der Waals surface area (Å²) in [5, 5.41) is 3.28. The minimum absolute atomic E-state index is 0. The molecule has 1 saturated carbocycles. The molecule has 29 heavy (non-hydrogen) atoms. The Morgan fingerprint density at radius 3 is 2.59 bits per heavy atom. The van der Waals surface area contributed by atoms with Crippen molar-refractivity contribution < 1.29 is 8.78 Å². The van der Waals surface area contributed by atoms with Gasteiger partial charge in [-0.2, -0.15) is 0 Å². The fourth-order valence-corrected chi connectivity index (χ4v) is 4.05. The van der Waals surface area contributed by atoms with E-state index in [0.29, 0.717) is 17.7 Å². The first-order chi connectivity index (χ1) is 13.2. The van der Waals surface area contributed by atoms with Crippen LogP contribution in [-0.4, -0.2) is 16.5 Å². The molecule has 4 rings (SSSR count). The Labute approximate surface area is 182 Å². The summed E-state index contributed by atoms with van der Waals surface area (Å²) in [6.45, 7) is 1.21. The van der Waals surface area contributed by atoms with E-state index in [1.807, 2.05) is 6.07 Å². The lowest BCUT2D eigenvalue weighted by atomic mass is 9.87. The van der Waals surface area contributed by atoms with Gasteiger partial charge in [0.25, 0.3) is 0 Å². The van der Waals surface area contributed by atoms with Crippen LogP contribution in [-0.2, 0) is 6.54 Å². The second-order valence-electron chi connectivity index (χ2n) is 7.50. The summed E-state index contributed by atoms with van der Waals surface area (Å²) in [7, 11) is 0. The molecule has 2 aromatic carbocycles. The van der Waals surface area contributed by atoms with E-state index in [0.717, 1.165) is 29.9 Å². The van der Waals surface area contributed by atoms with Gasteiger partial charge in [-0.3, -0.25) is 0 Å². The third-order valence-electron chi connectivity index (χ3n) is 5.66. The maximum Gasteiger partial charge on any atom is 0.166 e. The van der Waals surface area contributed by atoms with Crippen molar-refractivity contribution in [2.24, 2.45) is 5.92 Å². The number of fused-ring (bicyclic) bond motifs is 1. The first kappa shape index (κ1) is 23.6. The highest BCUT2D eigenvalue weighted by Crippen LogP contribution is 2.29. The number of aromatic nitrogens is 2. The van der Waals surface area contributed by atoms with Gasteiger partial charge < -0.3 is 10.3 Å². The molecule has 0 unspecified atom stereocenters. The summed E-state index contributed by atoms with van der Waals surface area (Å²) in [5.74, 6) is -0.775. The van der Waals surface area contributed by atoms with Gasteiger partial charge in [-0.15, -0.1) is 24.8 Å². The lowest BCUT2D eigenvalue weighted by Gasteiger charge is -2.21. The molecule has 0 radical (unpaired) electrons. The summed E-state index contributed by atoms with van der Waals surface area (Å²) in [6.07, 6.45) is 9.33. The van der Waals surface area contributed by atoms with E-state index in [4.69, 9.17) is 0 Å². The van der Waals surface area contributed by atoms with Crippen molar-refractivity contribution in [1.29, 1.82) is 0 Å². The molecule has 1 aromatic heterocycles. The van der Waals surface area contributed by atoms with E-state index >= 15 is 0 Å². The van der Waals surface area contributed by atoms with Crippen LogP contribution < -0.4 is 5.32 Å². The molecule has 3 aromatic rings. The zero-order valence-electron chi connectivity index (χ0n) is 16.2. The van der Waals surface area contributed by atoms with E-state index in [1.165, 1.54) is 32.1 Å². The van der Waals surface area contributed by atoms with Crippen LogP contribution in [0.5, 0.6) is 0 Å². The minimum atomic E-state index is -0.795. The van der Waals surface area contributed by atoms with Crippen LogP contribution in [0.4, 0.5) is 8.78 Å². The summed E-state index contributed by atoms with van der Waals surface area (Å²) in [6, 6.07) is 8.71. The van der Waals surface area contributed by atoms with Gasteiger partial charge in [-0.1, -0.05) is 50.3 Å². The van der Waals surface area contributed by atoms with E-state index < -0.39 is 11.6 Å². The standard InChI is InChI=1S/C22H25F2N3.2ClH/c23-21-17(13-25-11-10-15-4-2-1-3-5-15)6-8-18(22(21)24)16-7-9-19-20(12-16)27-14-26-19;;/h6-9,12,14-15,25H,1-5,10-11,13H2,(H,26,27);2*1H. The first-order valence-corrected chi connectivity index (χ1v) is 9.83. The number of nitrogens with zero attached hydrogens (tertiary/aromatic N) is 1. The van der Waals surface area contributed by atoms with Crippen molar-refractivity contribution in [3.8, 4) is 11.1 Å². The number of rotatable bonds is 6. The predicted octanol–water partition coefficient (Wildman–Crippen LogP) is 6.41. The Morgan fingerprint density at radius 2 is 1.79 bits per heavy atom. The van der Waals surface area contributed by atoms with Crippen molar-refractivity contribution in [2.75, 3.05) is 6.54 Å². The lowest BCUT2D eigenvalue weighted by Crippen LogP contribution is -2.20. The molecule has 1 aliphatic rings. The monoisotopic (exact) mass is 441 g/mol. The van der Waals surface area contributed by atoms with Crippen molar-refractivity contribution in [3.05, 3.63) is 53.9 Å². The second-order valence-corrected chi connectivity index (χ2v) is 7.50. The molecule has 0 spiro atoms. The van der Waals surface area contributed by atoms with Gasteiger partial charge in [0.05, 0.1) is 17.4 Å². The zero-order valence-corrected chi connectivity index (χ0v) is 17.9. The number of benzene rings is 2. The molecule has 0 amide bonds. The molecular weight excluding hydrogens is 415 g/mol. The fraction of sp³-hybridized carbons (Fsp3) is 0.409. The van der Waals surface area contributed by atoms with Crippen LogP contribution in [0.2, 0.25) is 0 Å². The molecule has 2 N–H and O–H groups in total. The average molecular weight is 442 g/mol. The molecule has 7 heteroatoms. The van der Waals surface area contributed by atoms with E-state index in [-0.39, 0.29) is 30.4 Å². The Hall–Kier alpha value is -1.69. The van der Waals surface area contributed by atoms with Crippen molar-refractivity contribution in [3.63, 3.8) is 0 Å². The Bertz CT molecular complexity index is 924. The van der Waals surface area contributed by atoms with Gasteiger partial charge in [0, 0.05) is 17.7 Å². The number of hydrogen-bond donors (Lipinski definition) is 2. The van der Waals surface area contributed by atoms with Crippen LogP contribution in [0.15, 0.2) is 36.7 Å². The third kappa shape index (κ3) is 5.47. The first-order valence-electron chi connectivity index (χ1n) is 9.83. The Morgan fingerprint density at radius 1 is 1.00 bits per heavy atom. The third-order valence-corrected chi connectivity index (χ3v) is 5.66. The van der Waals surface area contributed by atoms with Crippen molar-refractivity contribution >= 4 is 35.8 Å². The number of aromatic amines is 1. The number of imidazole rings is 1. The van der Waals surface area contributed by atoms with Gasteiger partial charge in [0.1, 0.15) is 0 Å². The van der Waals surface area contributed by atoms with Crippen LogP contribution in [0.1, 0.15) is 44.1 Å². The molecule has 1 heterocycles. The number of hydrogen-bond acceptors (Lipinski definition) is 2. The molecule has 1 fully saturated rings. The molecule has 0 bridgehead atoms. The van der Waals surface area contributed by atoms with Crippen LogP contribution in [0, 0.1) is 17.6 Å². The largest absolute Gasteiger partial charge is 0.345 e. The van der Waals surface area contributed by atoms with Crippen LogP contribution >= 0.6 is 24.8 Å². The number of H-pyrrole nitrogens is 1. The zero-order chi connectivity index (χ0) is 18.6. The summed E-state index contributed by atoms with van der Waals surface area (Å²) >= 11 is 0. The molecule has 1 aliphatic carbocycles. The van der Waals surface area contributed by atoms with Crippen LogP contribution in [0.3, 0.4) is 0 Å². The normalized spacial score (nSPS) is 14.4. The van der Waals surface area contributed by atoms with Crippen LogP contribution in [0.25, 0.3) is 22.2 Å². The average Bonchev–Trinajstić information content (AvgIpc) is 3.17. The number of nitrogens with one attached hydrogen (secondary N) is 2. The Balaban J connectivity index is 0.00000150. The maximum absolute atomic E-state index is 14.6. The van der Waals surface area contributed by atoms with Crippen molar-refractivity contribution in [2.45, 2.75) is 45.1 Å². The highest BCUT2D eigenvalue weighted by Gasteiger charge is 2.16. The molecule has 0 aliphatic heterocycles. The minimum Gasteiger partial charge on any atom is -0.345 e. The maximum atomic E-state index is 14.6. The number of halogens is 4. The highest BCUT2D eigenvalue weighted by atomic mass is 35.5. The predicted molar refractivity (Wildman–Crippen MR) is 119 cm³/mol. The van der Waals surface area contributed by atoms with E-state index in [9.17, 15) is 8.78 Å². The molecular formula is C22H27Cl2F2N3. The van der Waals surface area contributed by atoms with Gasteiger partial charge in [-0.25, -0.2) is 13.8 Å². The van der Waals surface area contributed by atoms with Gasteiger partial charge >= 0.3 is 0 Å². The Kier molecular flexibility index (Phi) is 8.87. The topological polar surface area (TPSA) is 40.7 Å². The van der Waals surface area contributed by atoms with Crippen molar-refractivity contribution in [1.82, 2.24) is 15.3 Å².